The van der Waals surface area contributed by atoms with E-state index in [1.165, 1.54) is 12.1 Å². The predicted octanol–water partition coefficient (Wildman–Crippen LogP) is 3.20. The molecule has 0 amide bonds. The minimum Gasteiger partial charge on any atom is -0.396 e. The lowest BCUT2D eigenvalue weighted by Crippen LogP contribution is -2.16. The van der Waals surface area contributed by atoms with Crippen LogP contribution in [0.25, 0.3) is 0 Å². The smallest absolute Gasteiger partial charge is 0.396 e. The second-order valence-electron chi connectivity index (χ2n) is 4.80. The van der Waals surface area contributed by atoms with Crippen molar-refractivity contribution in [3.05, 3.63) is 35.4 Å². The van der Waals surface area contributed by atoms with Gasteiger partial charge >= 0.3 is 6.18 Å². The van der Waals surface area contributed by atoms with Gasteiger partial charge < -0.3 is 10.4 Å². The Labute approximate surface area is 111 Å². The maximum absolute atomic E-state index is 12.5. The molecular weight excluding hydrogens is 255 g/mol. The van der Waals surface area contributed by atoms with Crippen LogP contribution in [0.3, 0.4) is 0 Å². The van der Waals surface area contributed by atoms with Crippen LogP contribution in [-0.4, -0.2) is 18.3 Å². The highest BCUT2D eigenvalue weighted by atomic mass is 19.4. The van der Waals surface area contributed by atoms with E-state index >= 15 is 0 Å². The molecule has 0 saturated heterocycles. The summed E-state index contributed by atoms with van der Waals surface area (Å²) in [6, 6.07) is 5.35. The third-order valence-electron chi connectivity index (χ3n) is 2.95. The molecule has 1 unspecified atom stereocenters. The van der Waals surface area contributed by atoms with Crippen LogP contribution < -0.4 is 5.32 Å². The summed E-state index contributed by atoms with van der Waals surface area (Å²) in [7, 11) is 0. The molecule has 0 heterocycles. The van der Waals surface area contributed by atoms with Gasteiger partial charge in [0, 0.05) is 13.2 Å². The van der Waals surface area contributed by atoms with Crippen LogP contribution in [0.15, 0.2) is 24.3 Å². The number of halogens is 3. The normalized spacial score (nSPS) is 13.5. The van der Waals surface area contributed by atoms with Gasteiger partial charge in [-0.25, -0.2) is 0 Å². The summed E-state index contributed by atoms with van der Waals surface area (Å²) in [5.74, 6) is 0.273. The maximum Gasteiger partial charge on any atom is 0.416 e. The van der Waals surface area contributed by atoms with Crippen molar-refractivity contribution in [3.63, 3.8) is 0 Å². The lowest BCUT2D eigenvalue weighted by Gasteiger charge is -2.10. The Morgan fingerprint density at radius 3 is 2.68 bits per heavy atom. The van der Waals surface area contributed by atoms with Crippen LogP contribution in [-0.2, 0) is 12.7 Å². The Morgan fingerprint density at radius 2 is 2.05 bits per heavy atom. The molecular formula is C14H20F3NO. The molecule has 1 atom stereocenters. The van der Waals surface area contributed by atoms with Gasteiger partial charge in [-0.2, -0.15) is 13.2 Å². The first-order chi connectivity index (χ1) is 8.93. The van der Waals surface area contributed by atoms with E-state index in [0.29, 0.717) is 12.1 Å². The number of aliphatic hydroxyl groups is 1. The summed E-state index contributed by atoms with van der Waals surface area (Å²) >= 11 is 0. The fourth-order valence-electron chi connectivity index (χ4n) is 1.76. The van der Waals surface area contributed by atoms with E-state index in [1.807, 2.05) is 6.92 Å². The minimum atomic E-state index is -4.29. The summed E-state index contributed by atoms with van der Waals surface area (Å²) < 4.78 is 37.5. The Balaban J connectivity index is 2.34. The van der Waals surface area contributed by atoms with Crippen molar-refractivity contribution in [1.29, 1.82) is 0 Å². The third-order valence-corrected chi connectivity index (χ3v) is 2.95. The third kappa shape index (κ3) is 6.07. The van der Waals surface area contributed by atoms with Crippen LogP contribution in [0.2, 0.25) is 0 Å². The molecule has 0 fully saturated rings. The van der Waals surface area contributed by atoms with Crippen LogP contribution >= 0.6 is 0 Å². The molecule has 0 aromatic heterocycles. The highest BCUT2D eigenvalue weighted by Crippen LogP contribution is 2.29. The first kappa shape index (κ1) is 16.0. The number of rotatable bonds is 7. The highest BCUT2D eigenvalue weighted by molar-refractivity contribution is 5.25. The van der Waals surface area contributed by atoms with Crippen LogP contribution in [0.5, 0.6) is 0 Å². The summed E-state index contributed by atoms with van der Waals surface area (Å²) in [6.45, 7) is 3.30. The average molecular weight is 275 g/mol. The van der Waals surface area contributed by atoms with Crippen LogP contribution in [0.1, 0.15) is 30.9 Å². The average Bonchev–Trinajstić information content (AvgIpc) is 2.37. The first-order valence-corrected chi connectivity index (χ1v) is 6.41. The van der Waals surface area contributed by atoms with Crippen molar-refractivity contribution in [2.45, 2.75) is 32.5 Å². The van der Waals surface area contributed by atoms with Crippen molar-refractivity contribution in [2.24, 2.45) is 5.92 Å². The number of hydrogen-bond donors (Lipinski definition) is 2. The van der Waals surface area contributed by atoms with Crippen molar-refractivity contribution in [3.8, 4) is 0 Å². The Kier molecular flexibility index (Phi) is 6.31. The van der Waals surface area contributed by atoms with Gasteiger partial charge in [0.2, 0.25) is 0 Å². The molecule has 1 rings (SSSR count). The van der Waals surface area contributed by atoms with Gasteiger partial charge in [0.1, 0.15) is 0 Å². The van der Waals surface area contributed by atoms with Crippen molar-refractivity contribution in [2.75, 3.05) is 13.2 Å². The molecule has 5 heteroatoms. The molecule has 1 aromatic rings. The summed E-state index contributed by atoms with van der Waals surface area (Å²) in [4.78, 5) is 0. The summed E-state index contributed by atoms with van der Waals surface area (Å²) in [5.41, 5.74) is 0.0192. The van der Waals surface area contributed by atoms with E-state index in [4.69, 9.17) is 5.11 Å². The Morgan fingerprint density at radius 1 is 1.32 bits per heavy atom. The molecule has 0 spiro atoms. The fourth-order valence-corrected chi connectivity index (χ4v) is 1.76. The van der Waals surface area contributed by atoms with Gasteiger partial charge in [0.15, 0.2) is 0 Å². The molecule has 2 N–H and O–H groups in total. The summed E-state index contributed by atoms with van der Waals surface area (Å²) in [5, 5.41) is 12.0. The molecule has 0 aliphatic carbocycles. The first-order valence-electron chi connectivity index (χ1n) is 6.41. The number of nitrogens with one attached hydrogen (secondary N) is 1. The van der Waals surface area contributed by atoms with Gasteiger partial charge in [-0.1, -0.05) is 25.1 Å². The molecule has 2 nitrogen and oxygen atoms in total. The monoisotopic (exact) mass is 275 g/mol. The Hall–Kier alpha value is -1.07. The van der Waals surface area contributed by atoms with Gasteiger partial charge in [-0.15, -0.1) is 0 Å². The highest BCUT2D eigenvalue weighted by Gasteiger charge is 2.30. The van der Waals surface area contributed by atoms with E-state index in [1.54, 1.807) is 6.07 Å². The number of alkyl halides is 3. The number of hydrogen-bond acceptors (Lipinski definition) is 2. The lowest BCUT2D eigenvalue weighted by molar-refractivity contribution is -0.137. The standard InChI is InChI=1S/C14H20F3NO/c1-11(10-19)4-3-7-18-9-12-5-2-6-13(8-12)14(15,16)17/h2,5-6,8,11,18-19H,3-4,7,9-10H2,1H3. The zero-order valence-corrected chi connectivity index (χ0v) is 11.0. The van der Waals surface area contributed by atoms with E-state index < -0.39 is 11.7 Å². The van der Waals surface area contributed by atoms with E-state index in [2.05, 4.69) is 5.32 Å². The molecule has 0 aliphatic rings. The Bertz CT molecular complexity index is 379. The predicted molar refractivity (Wildman–Crippen MR) is 68.6 cm³/mol. The molecule has 0 aliphatic heterocycles. The lowest BCUT2D eigenvalue weighted by atomic mass is 10.1. The quantitative estimate of drug-likeness (QED) is 0.749. The van der Waals surface area contributed by atoms with E-state index in [0.717, 1.165) is 25.5 Å². The zero-order chi connectivity index (χ0) is 14.3. The molecule has 19 heavy (non-hydrogen) atoms. The SMILES string of the molecule is CC(CO)CCCNCc1cccc(C(F)(F)F)c1. The molecule has 1 aromatic carbocycles. The van der Waals surface area contributed by atoms with Gasteiger partial charge in [-0.3, -0.25) is 0 Å². The zero-order valence-electron chi connectivity index (χ0n) is 11.0. The second kappa shape index (κ2) is 7.50. The largest absolute Gasteiger partial charge is 0.416 e. The molecule has 108 valence electrons. The molecule has 0 bridgehead atoms. The summed E-state index contributed by atoms with van der Waals surface area (Å²) in [6.07, 6.45) is -2.47. The van der Waals surface area contributed by atoms with Crippen LogP contribution in [0.4, 0.5) is 13.2 Å². The van der Waals surface area contributed by atoms with Crippen LogP contribution in [0, 0.1) is 5.92 Å². The van der Waals surface area contributed by atoms with E-state index in [9.17, 15) is 13.2 Å². The fraction of sp³-hybridized carbons (Fsp3) is 0.571. The second-order valence-corrected chi connectivity index (χ2v) is 4.80. The minimum absolute atomic E-state index is 0.174. The van der Waals surface area contributed by atoms with Gasteiger partial charge in [0.25, 0.3) is 0 Å². The molecule has 0 radical (unpaired) electrons. The van der Waals surface area contributed by atoms with Gasteiger partial charge in [0.05, 0.1) is 5.56 Å². The molecule has 0 saturated carbocycles. The maximum atomic E-state index is 12.5. The number of aliphatic hydroxyl groups excluding tert-OH is 1. The van der Waals surface area contributed by atoms with Gasteiger partial charge in [-0.05, 0) is 36.9 Å². The van der Waals surface area contributed by atoms with Crippen molar-refractivity contribution in [1.82, 2.24) is 5.32 Å². The topological polar surface area (TPSA) is 32.3 Å². The number of benzene rings is 1. The van der Waals surface area contributed by atoms with Crippen molar-refractivity contribution >= 4 is 0 Å². The van der Waals surface area contributed by atoms with Crippen molar-refractivity contribution < 1.29 is 18.3 Å². The van der Waals surface area contributed by atoms with E-state index in [-0.39, 0.29) is 12.5 Å².